The predicted molar refractivity (Wildman–Crippen MR) is 74.9 cm³/mol. The molecule has 0 unspecified atom stereocenters. The first kappa shape index (κ1) is 16.1. The largest absolute Gasteiger partial charge is 0.417 e. The number of rotatable bonds is 3. The molecule has 2 rings (SSSR count). The number of hydrogen-bond donors (Lipinski definition) is 0. The van der Waals surface area contributed by atoms with Gasteiger partial charge in [0.1, 0.15) is 0 Å². The van der Waals surface area contributed by atoms with Crippen molar-refractivity contribution >= 4 is 17.7 Å². The quantitative estimate of drug-likeness (QED) is 0.800. The lowest BCUT2D eigenvalue weighted by molar-refractivity contribution is -0.138. The maximum absolute atomic E-state index is 12.4. The lowest BCUT2D eigenvalue weighted by Crippen LogP contribution is -2.38. The molecule has 0 atom stereocenters. The van der Waals surface area contributed by atoms with Crippen molar-refractivity contribution in [2.45, 2.75) is 31.0 Å². The molecule has 1 aromatic rings. The lowest BCUT2D eigenvalue weighted by Gasteiger charge is -2.30. The van der Waals surface area contributed by atoms with Crippen molar-refractivity contribution in [1.82, 2.24) is 9.88 Å². The topological polar surface area (TPSA) is 33.2 Å². The van der Waals surface area contributed by atoms with Crippen LogP contribution in [0.15, 0.2) is 23.4 Å². The van der Waals surface area contributed by atoms with Gasteiger partial charge in [0, 0.05) is 19.3 Å². The first-order chi connectivity index (χ1) is 9.86. The zero-order valence-corrected chi connectivity index (χ0v) is 12.5. The van der Waals surface area contributed by atoms with E-state index in [-0.39, 0.29) is 11.7 Å². The van der Waals surface area contributed by atoms with Crippen LogP contribution in [-0.4, -0.2) is 34.6 Å². The number of pyridine rings is 1. The van der Waals surface area contributed by atoms with Gasteiger partial charge in [-0.2, -0.15) is 13.2 Å². The monoisotopic (exact) mass is 318 g/mol. The molecule has 1 aliphatic rings. The van der Waals surface area contributed by atoms with Crippen LogP contribution in [0.2, 0.25) is 0 Å². The van der Waals surface area contributed by atoms with Gasteiger partial charge in [-0.1, -0.05) is 18.7 Å². The SMILES string of the molecule is CC1CCN(C(=O)CSc2ccc(C(F)(F)F)cn2)CC1. The number of piperidine rings is 1. The summed E-state index contributed by atoms with van der Waals surface area (Å²) in [5.74, 6) is 0.888. The van der Waals surface area contributed by atoms with Crippen LogP contribution in [0, 0.1) is 5.92 Å². The molecule has 0 saturated carbocycles. The van der Waals surface area contributed by atoms with E-state index >= 15 is 0 Å². The molecular formula is C14H17F3N2OS. The molecule has 116 valence electrons. The summed E-state index contributed by atoms with van der Waals surface area (Å²) in [5, 5.41) is 0.432. The van der Waals surface area contributed by atoms with Gasteiger partial charge in [0.25, 0.3) is 0 Å². The summed E-state index contributed by atoms with van der Waals surface area (Å²) in [7, 11) is 0. The molecule has 0 radical (unpaired) electrons. The van der Waals surface area contributed by atoms with E-state index in [2.05, 4.69) is 11.9 Å². The summed E-state index contributed by atoms with van der Waals surface area (Å²) in [5.41, 5.74) is -0.775. The highest BCUT2D eigenvalue weighted by Gasteiger charge is 2.30. The Bertz CT molecular complexity index is 482. The fourth-order valence-electron chi connectivity index (χ4n) is 2.12. The molecule has 0 aromatic carbocycles. The van der Waals surface area contributed by atoms with Crippen molar-refractivity contribution in [2.75, 3.05) is 18.8 Å². The highest BCUT2D eigenvalue weighted by Crippen LogP contribution is 2.29. The molecule has 1 amide bonds. The van der Waals surface area contributed by atoms with Gasteiger partial charge >= 0.3 is 6.18 Å². The van der Waals surface area contributed by atoms with E-state index in [1.807, 2.05) is 4.90 Å². The molecule has 2 heterocycles. The Morgan fingerprint density at radius 2 is 2.05 bits per heavy atom. The van der Waals surface area contributed by atoms with Crippen LogP contribution in [0.25, 0.3) is 0 Å². The highest BCUT2D eigenvalue weighted by atomic mass is 32.2. The minimum atomic E-state index is -4.38. The smallest absolute Gasteiger partial charge is 0.342 e. The molecule has 0 spiro atoms. The standard InChI is InChI=1S/C14H17F3N2OS/c1-10-4-6-19(7-5-10)13(20)9-21-12-3-2-11(8-18-12)14(15,16)17/h2-3,8,10H,4-7,9H2,1H3. The zero-order chi connectivity index (χ0) is 15.5. The Labute approximate surface area is 125 Å². The molecular weight excluding hydrogens is 301 g/mol. The second kappa shape index (κ2) is 6.68. The number of alkyl halides is 3. The fraction of sp³-hybridized carbons (Fsp3) is 0.571. The first-order valence-electron chi connectivity index (χ1n) is 6.80. The number of halogens is 3. The lowest BCUT2D eigenvalue weighted by atomic mass is 9.99. The molecule has 0 N–H and O–H groups in total. The summed E-state index contributed by atoms with van der Waals surface area (Å²) >= 11 is 1.17. The van der Waals surface area contributed by atoms with Crippen molar-refractivity contribution in [3.63, 3.8) is 0 Å². The number of thioether (sulfide) groups is 1. The van der Waals surface area contributed by atoms with Gasteiger partial charge in [-0.15, -0.1) is 0 Å². The fourth-order valence-corrected chi connectivity index (χ4v) is 2.86. The van der Waals surface area contributed by atoms with E-state index < -0.39 is 11.7 Å². The Balaban J connectivity index is 1.84. The van der Waals surface area contributed by atoms with Crippen LogP contribution in [0.4, 0.5) is 13.2 Å². The predicted octanol–water partition coefficient (Wildman–Crippen LogP) is 3.45. The second-order valence-electron chi connectivity index (χ2n) is 5.23. The molecule has 7 heteroatoms. The van der Waals surface area contributed by atoms with Crippen LogP contribution in [0.5, 0.6) is 0 Å². The van der Waals surface area contributed by atoms with Gasteiger partial charge in [-0.05, 0) is 30.9 Å². The second-order valence-corrected chi connectivity index (χ2v) is 6.23. The molecule has 1 aromatic heterocycles. The van der Waals surface area contributed by atoms with E-state index in [4.69, 9.17) is 0 Å². The highest BCUT2D eigenvalue weighted by molar-refractivity contribution is 7.99. The number of likely N-dealkylation sites (tertiary alicyclic amines) is 1. The number of hydrogen-bond acceptors (Lipinski definition) is 3. The maximum atomic E-state index is 12.4. The number of nitrogens with zero attached hydrogens (tertiary/aromatic N) is 2. The molecule has 1 fully saturated rings. The van der Waals surface area contributed by atoms with Crippen molar-refractivity contribution in [3.8, 4) is 0 Å². The van der Waals surface area contributed by atoms with Crippen molar-refractivity contribution in [3.05, 3.63) is 23.9 Å². The van der Waals surface area contributed by atoms with Crippen LogP contribution in [-0.2, 0) is 11.0 Å². The van der Waals surface area contributed by atoms with E-state index in [0.29, 0.717) is 10.9 Å². The normalized spacial score (nSPS) is 17.0. The number of amides is 1. The summed E-state index contributed by atoms with van der Waals surface area (Å²) in [6.45, 7) is 3.70. The Morgan fingerprint density at radius 3 is 2.57 bits per heavy atom. The van der Waals surface area contributed by atoms with Crippen LogP contribution in [0.3, 0.4) is 0 Å². The summed E-state index contributed by atoms with van der Waals surface area (Å²) in [4.78, 5) is 17.6. The van der Waals surface area contributed by atoms with Crippen LogP contribution >= 0.6 is 11.8 Å². The Kier molecular flexibility index (Phi) is 5.13. The Hall–Kier alpha value is -1.24. The molecule has 0 bridgehead atoms. The van der Waals surface area contributed by atoms with Crippen LogP contribution in [0.1, 0.15) is 25.3 Å². The van der Waals surface area contributed by atoms with Gasteiger partial charge < -0.3 is 4.90 Å². The molecule has 1 saturated heterocycles. The number of aromatic nitrogens is 1. The van der Waals surface area contributed by atoms with Crippen molar-refractivity contribution in [2.24, 2.45) is 5.92 Å². The van der Waals surface area contributed by atoms with Gasteiger partial charge in [-0.25, -0.2) is 4.98 Å². The van der Waals surface area contributed by atoms with Crippen molar-refractivity contribution < 1.29 is 18.0 Å². The van der Waals surface area contributed by atoms with E-state index in [1.54, 1.807) is 0 Å². The first-order valence-corrected chi connectivity index (χ1v) is 7.78. The third-order valence-electron chi connectivity index (χ3n) is 3.54. The van der Waals surface area contributed by atoms with E-state index in [0.717, 1.165) is 38.2 Å². The Morgan fingerprint density at radius 1 is 1.38 bits per heavy atom. The van der Waals surface area contributed by atoms with E-state index in [1.165, 1.54) is 17.8 Å². The average molecular weight is 318 g/mol. The minimum Gasteiger partial charge on any atom is -0.342 e. The van der Waals surface area contributed by atoms with Gasteiger partial charge in [0.05, 0.1) is 16.3 Å². The molecule has 1 aliphatic heterocycles. The minimum absolute atomic E-state index is 0.0218. The van der Waals surface area contributed by atoms with Crippen LogP contribution < -0.4 is 0 Å². The average Bonchev–Trinajstić information content (AvgIpc) is 2.45. The van der Waals surface area contributed by atoms with Gasteiger partial charge in [-0.3, -0.25) is 4.79 Å². The zero-order valence-electron chi connectivity index (χ0n) is 11.7. The third kappa shape index (κ3) is 4.62. The molecule has 3 nitrogen and oxygen atoms in total. The maximum Gasteiger partial charge on any atom is 0.417 e. The van der Waals surface area contributed by atoms with Crippen molar-refractivity contribution in [1.29, 1.82) is 0 Å². The molecule has 0 aliphatic carbocycles. The summed E-state index contributed by atoms with van der Waals surface area (Å²) in [6.07, 6.45) is -1.56. The third-order valence-corrected chi connectivity index (χ3v) is 4.47. The molecule has 21 heavy (non-hydrogen) atoms. The number of carbonyl (C=O) groups excluding carboxylic acids is 1. The summed E-state index contributed by atoms with van der Waals surface area (Å²) in [6, 6.07) is 2.29. The van der Waals surface area contributed by atoms with Gasteiger partial charge in [0.2, 0.25) is 5.91 Å². The van der Waals surface area contributed by atoms with Gasteiger partial charge in [0.15, 0.2) is 0 Å². The summed E-state index contributed by atoms with van der Waals surface area (Å²) < 4.78 is 37.2. The number of carbonyl (C=O) groups is 1. The van der Waals surface area contributed by atoms with E-state index in [9.17, 15) is 18.0 Å².